The van der Waals surface area contributed by atoms with E-state index in [9.17, 15) is 0 Å². The second-order valence-electron chi connectivity index (χ2n) is 6.73. The SMILES string of the molecule is CCN1CCN(C2CCN(Cc3ccc(Cl)c(Cl)c3)CC2)CC1. The monoisotopic (exact) mass is 355 g/mol. The first kappa shape index (κ1) is 17.5. The lowest BCUT2D eigenvalue weighted by atomic mass is 10.0. The van der Waals surface area contributed by atoms with Crippen LogP contribution in [-0.2, 0) is 6.54 Å². The van der Waals surface area contributed by atoms with Crippen molar-refractivity contribution in [2.24, 2.45) is 0 Å². The molecule has 128 valence electrons. The fourth-order valence-corrected chi connectivity index (χ4v) is 4.10. The number of hydrogen-bond acceptors (Lipinski definition) is 3. The second kappa shape index (κ2) is 8.17. The van der Waals surface area contributed by atoms with E-state index in [1.165, 1.54) is 64.2 Å². The first-order chi connectivity index (χ1) is 11.2. The van der Waals surface area contributed by atoms with E-state index in [1.807, 2.05) is 12.1 Å². The standard InChI is InChI=1S/C18H27Cl2N3/c1-2-21-9-11-23(12-10-21)16-5-7-22(8-6-16)14-15-3-4-17(19)18(20)13-15/h3-4,13,16H,2,5-12,14H2,1H3. The third-order valence-corrected chi connectivity index (χ3v) is 6.06. The molecule has 1 aromatic rings. The number of likely N-dealkylation sites (N-methyl/N-ethyl adjacent to an activating group) is 1. The van der Waals surface area contributed by atoms with Crippen LogP contribution in [0.2, 0.25) is 10.0 Å². The van der Waals surface area contributed by atoms with Gasteiger partial charge in [-0.25, -0.2) is 0 Å². The molecule has 0 radical (unpaired) electrons. The maximum Gasteiger partial charge on any atom is 0.0595 e. The molecule has 0 unspecified atom stereocenters. The highest BCUT2D eigenvalue weighted by molar-refractivity contribution is 6.42. The molecule has 2 heterocycles. The van der Waals surface area contributed by atoms with Gasteiger partial charge in [0.05, 0.1) is 10.0 Å². The van der Waals surface area contributed by atoms with Crippen LogP contribution in [0, 0.1) is 0 Å². The molecule has 0 amide bonds. The van der Waals surface area contributed by atoms with Gasteiger partial charge < -0.3 is 4.90 Å². The molecular weight excluding hydrogens is 329 g/mol. The van der Waals surface area contributed by atoms with E-state index >= 15 is 0 Å². The Hall–Kier alpha value is -0.320. The predicted molar refractivity (Wildman–Crippen MR) is 98.4 cm³/mol. The summed E-state index contributed by atoms with van der Waals surface area (Å²) in [5.74, 6) is 0. The second-order valence-corrected chi connectivity index (χ2v) is 7.54. The average molecular weight is 356 g/mol. The summed E-state index contributed by atoms with van der Waals surface area (Å²) in [6, 6.07) is 6.77. The van der Waals surface area contributed by atoms with Crippen molar-refractivity contribution in [3.05, 3.63) is 33.8 Å². The minimum absolute atomic E-state index is 0.639. The highest BCUT2D eigenvalue weighted by atomic mass is 35.5. The highest BCUT2D eigenvalue weighted by Crippen LogP contribution is 2.25. The third kappa shape index (κ3) is 4.61. The minimum Gasteiger partial charge on any atom is -0.301 e. The van der Waals surface area contributed by atoms with Gasteiger partial charge in [0.1, 0.15) is 0 Å². The van der Waals surface area contributed by atoms with Crippen LogP contribution in [0.4, 0.5) is 0 Å². The summed E-state index contributed by atoms with van der Waals surface area (Å²) in [4.78, 5) is 7.80. The first-order valence-electron chi connectivity index (χ1n) is 8.78. The van der Waals surface area contributed by atoms with Crippen LogP contribution in [0.15, 0.2) is 18.2 Å². The van der Waals surface area contributed by atoms with Crippen LogP contribution in [-0.4, -0.2) is 66.6 Å². The lowest BCUT2D eigenvalue weighted by Crippen LogP contribution is -2.52. The lowest BCUT2D eigenvalue weighted by molar-refractivity contribution is 0.0593. The molecule has 1 aromatic carbocycles. The number of benzene rings is 1. The Bertz CT molecular complexity index is 507. The molecule has 3 nitrogen and oxygen atoms in total. The van der Waals surface area contributed by atoms with Crippen molar-refractivity contribution in [1.29, 1.82) is 0 Å². The lowest BCUT2D eigenvalue weighted by Gasteiger charge is -2.42. The number of hydrogen-bond donors (Lipinski definition) is 0. The van der Waals surface area contributed by atoms with Gasteiger partial charge in [0.15, 0.2) is 0 Å². The minimum atomic E-state index is 0.639. The molecule has 3 rings (SSSR count). The molecule has 23 heavy (non-hydrogen) atoms. The molecule has 0 spiro atoms. The largest absolute Gasteiger partial charge is 0.301 e. The van der Waals surface area contributed by atoms with Gasteiger partial charge in [-0.15, -0.1) is 0 Å². The van der Waals surface area contributed by atoms with Gasteiger partial charge in [-0.1, -0.05) is 36.2 Å². The van der Waals surface area contributed by atoms with Crippen LogP contribution >= 0.6 is 23.2 Å². The molecule has 2 fully saturated rings. The topological polar surface area (TPSA) is 9.72 Å². The zero-order chi connectivity index (χ0) is 16.2. The van der Waals surface area contributed by atoms with E-state index in [4.69, 9.17) is 23.2 Å². The van der Waals surface area contributed by atoms with Gasteiger partial charge in [0.2, 0.25) is 0 Å². The van der Waals surface area contributed by atoms with Crippen molar-refractivity contribution in [2.45, 2.75) is 32.4 Å². The molecule has 0 aliphatic carbocycles. The smallest absolute Gasteiger partial charge is 0.0595 e. The van der Waals surface area contributed by atoms with Crippen LogP contribution in [0.1, 0.15) is 25.3 Å². The Labute approximate surface area is 150 Å². The van der Waals surface area contributed by atoms with Crippen molar-refractivity contribution < 1.29 is 0 Å². The predicted octanol–water partition coefficient (Wildman–Crippen LogP) is 3.60. The summed E-state index contributed by atoms with van der Waals surface area (Å²) in [7, 11) is 0. The van der Waals surface area contributed by atoms with Crippen LogP contribution < -0.4 is 0 Å². The van der Waals surface area contributed by atoms with Crippen molar-refractivity contribution in [3.8, 4) is 0 Å². The van der Waals surface area contributed by atoms with E-state index in [0.717, 1.165) is 12.6 Å². The average Bonchev–Trinajstić information content (AvgIpc) is 2.59. The summed E-state index contributed by atoms with van der Waals surface area (Å²) >= 11 is 12.1. The molecule has 0 bridgehead atoms. The maximum atomic E-state index is 6.12. The van der Waals surface area contributed by atoms with Crippen LogP contribution in [0.25, 0.3) is 0 Å². The van der Waals surface area contributed by atoms with E-state index < -0.39 is 0 Å². The number of piperidine rings is 1. The van der Waals surface area contributed by atoms with Crippen molar-refractivity contribution in [3.63, 3.8) is 0 Å². The molecule has 0 saturated carbocycles. The molecule has 2 saturated heterocycles. The van der Waals surface area contributed by atoms with E-state index in [-0.39, 0.29) is 0 Å². The fourth-order valence-electron chi connectivity index (χ4n) is 3.78. The third-order valence-electron chi connectivity index (χ3n) is 5.32. The van der Waals surface area contributed by atoms with Crippen molar-refractivity contribution in [2.75, 3.05) is 45.8 Å². The Kier molecular flexibility index (Phi) is 6.22. The molecule has 0 N–H and O–H groups in total. The van der Waals surface area contributed by atoms with Crippen molar-refractivity contribution >= 4 is 23.2 Å². The van der Waals surface area contributed by atoms with E-state index in [2.05, 4.69) is 27.7 Å². The Morgan fingerprint density at radius 1 is 0.913 bits per heavy atom. The number of rotatable bonds is 4. The fraction of sp³-hybridized carbons (Fsp3) is 0.667. The Balaban J connectivity index is 1.46. The Morgan fingerprint density at radius 2 is 1.61 bits per heavy atom. The number of halogens is 2. The van der Waals surface area contributed by atoms with Gasteiger partial charge >= 0.3 is 0 Å². The number of nitrogens with zero attached hydrogens (tertiary/aromatic N) is 3. The molecule has 2 aliphatic rings. The highest BCUT2D eigenvalue weighted by Gasteiger charge is 2.27. The van der Waals surface area contributed by atoms with E-state index in [1.54, 1.807) is 0 Å². The van der Waals surface area contributed by atoms with E-state index in [0.29, 0.717) is 10.0 Å². The summed E-state index contributed by atoms with van der Waals surface area (Å²) in [6.45, 7) is 11.7. The zero-order valence-corrected chi connectivity index (χ0v) is 15.5. The molecule has 5 heteroatoms. The van der Waals surface area contributed by atoms with Gasteiger partial charge in [0.25, 0.3) is 0 Å². The summed E-state index contributed by atoms with van der Waals surface area (Å²) in [6.07, 6.45) is 2.57. The normalized spacial score (nSPS) is 22.6. The molecular formula is C18H27Cl2N3. The quantitative estimate of drug-likeness (QED) is 0.816. The zero-order valence-electron chi connectivity index (χ0n) is 14.0. The molecule has 0 aromatic heterocycles. The molecule has 2 aliphatic heterocycles. The summed E-state index contributed by atoms with van der Waals surface area (Å²) < 4.78 is 0. The van der Waals surface area contributed by atoms with Gasteiger partial charge in [0, 0.05) is 38.8 Å². The Morgan fingerprint density at radius 3 is 2.22 bits per heavy atom. The summed E-state index contributed by atoms with van der Waals surface area (Å²) in [5, 5.41) is 1.30. The number of likely N-dealkylation sites (tertiary alicyclic amines) is 1. The van der Waals surface area contributed by atoms with Crippen LogP contribution in [0.3, 0.4) is 0 Å². The number of piperazine rings is 1. The molecule has 0 atom stereocenters. The van der Waals surface area contributed by atoms with Gasteiger partial charge in [-0.05, 0) is 50.2 Å². The first-order valence-corrected chi connectivity index (χ1v) is 9.54. The van der Waals surface area contributed by atoms with Crippen molar-refractivity contribution in [1.82, 2.24) is 14.7 Å². The maximum absolute atomic E-state index is 6.12. The van der Waals surface area contributed by atoms with Crippen LogP contribution in [0.5, 0.6) is 0 Å². The van der Waals surface area contributed by atoms with Gasteiger partial charge in [-0.2, -0.15) is 0 Å². The summed E-state index contributed by atoms with van der Waals surface area (Å²) in [5.41, 5.74) is 1.26. The van der Waals surface area contributed by atoms with Gasteiger partial charge in [-0.3, -0.25) is 9.80 Å².